The van der Waals surface area contributed by atoms with E-state index >= 15 is 0 Å². The summed E-state index contributed by atoms with van der Waals surface area (Å²) in [5.74, 6) is 0. The molecule has 0 spiro atoms. The van der Waals surface area contributed by atoms with E-state index in [1.54, 1.807) is 13.0 Å². The molecule has 7 heteroatoms. The Morgan fingerprint density at radius 1 is 1.47 bits per heavy atom. The number of hydrogen-bond acceptors (Lipinski definition) is 2. The number of rotatable bonds is 2. The molecule has 1 rings (SSSR count). The second kappa shape index (κ2) is 5.27. The number of aryl methyl sites for hydroxylation is 1. The fourth-order valence-corrected chi connectivity index (χ4v) is 1.15. The van der Waals surface area contributed by atoms with E-state index in [0.717, 1.165) is 5.56 Å². The second-order valence-corrected chi connectivity index (χ2v) is 3.69. The lowest BCUT2D eigenvalue weighted by Crippen LogP contribution is -2.23. The van der Waals surface area contributed by atoms with Crippen molar-refractivity contribution in [2.75, 3.05) is 11.9 Å². The summed E-state index contributed by atoms with van der Waals surface area (Å²) in [6.07, 6.45) is -5.72. The van der Waals surface area contributed by atoms with Gasteiger partial charge in [-0.1, -0.05) is 17.7 Å². The Balaban J connectivity index is 2.54. The van der Waals surface area contributed by atoms with Gasteiger partial charge < -0.3 is 4.74 Å². The topological polar surface area (TPSA) is 38.3 Å². The smallest absolute Gasteiger partial charge is 0.422 e. The minimum atomic E-state index is -4.54. The fraction of sp³-hybridized carbons (Fsp3) is 0.300. The third kappa shape index (κ3) is 4.95. The zero-order chi connectivity index (χ0) is 13.1. The van der Waals surface area contributed by atoms with Gasteiger partial charge >= 0.3 is 12.3 Å². The molecule has 0 aliphatic rings. The van der Waals surface area contributed by atoms with Crippen molar-refractivity contribution < 1.29 is 22.7 Å². The van der Waals surface area contributed by atoms with Gasteiger partial charge in [0, 0.05) is 10.7 Å². The fourth-order valence-electron chi connectivity index (χ4n) is 0.972. The highest BCUT2D eigenvalue weighted by Gasteiger charge is 2.29. The van der Waals surface area contributed by atoms with Crippen LogP contribution in [0.3, 0.4) is 0 Å². The molecule has 0 unspecified atom stereocenters. The Morgan fingerprint density at radius 2 is 2.12 bits per heavy atom. The van der Waals surface area contributed by atoms with Crippen molar-refractivity contribution in [3.63, 3.8) is 0 Å². The quantitative estimate of drug-likeness (QED) is 0.886. The molecule has 1 aromatic rings. The molecule has 17 heavy (non-hydrogen) atoms. The van der Waals surface area contributed by atoms with Gasteiger partial charge in [0.1, 0.15) is 0 Å². The molecule has 0 aliphatic heterocycles. The normalized spacial score (nSPS) is 11.1. The van der Waals surface area contributed by atoms with E-state index in [1.807, 2.05) is 0 Å². The molecule has 0 heterocycles. The number of ether oxygens (including phenoxy) is 1. The first-order valence-corrected chi connectivity index (χ1v) is 4.92. The van der Waals surface area contributed by atoms with Crippen LogP contribution in [0.4, 0.5) is 23.7 Å². The average Bonchev–Trinajstić information content (AvgIpc) is 2.20. The predicted molar refractivity (Wildman–Crippen MR) is 57.2 cm³/mol. The van der Waals surface area contributed by atoms with Crippen LogP contribution in [0.2, 0.25) is 5.02 Å². The first-order valence-electron chi connectivity index (χ1n) is 4.54. The number of halogens is 4. The summed E-state index contributed by atoms with van der Waals surface area (Å²) in [7, 11) is 0. The van der Waals surface area contributed by atoms with Crippen molar-refractivity contribution in [1.82, 2.24) is 0 Å². The maximum absolute atomic E-state index is 11.7. The molecular formula is C10H9ClF3NO2. The van der Waals surface area contributed by atoms with Crippen LogP contribution < -0.4 is 5.32 Å². The maximum Gasteiger partial charge on any atom is 0.422 e. The summed E-state index contributed by atoms with van der Waals surface area (Å²) in [4.78, 5) is 11.0. The van der Waals surface area contributed by atoms with E-state index in [-0.39, 0.29) is 5.69 Å². The number of carbonyl (C=O) groups is 1. The van der Waals surface area contributed by atoms with Crippen molar-refractivity contribution >= 4 is 23.4 Å². The molecule has 1 amide bonds. The maximum atomic E-state index is 11.7. The summed E-state index contributed by atoms with van der Waals surface area (Å²) in [5.41, 5.74) is 1.06. The van der Waals surface area contributed by atoms with Crippen LogP contribution in [0.5, 0.6) is 0 Å². The Kier molecular flexibility index (Phi) is 4.22. The molecule has 1 N–H and O–H groups in total. The van der Waals surface area contributed by atoms with Gasteiger partial charge in [-0.15, -0.1) is 0 Å². The third-order valence-corrected chi connectivity index (χ3v) is 2.19. The van der Waals surface area contributed by atoms with Gasteiger partial charge in [0.25, 0.3) is 0 Å². The van der Waals surface area contributed by atoms with Crippen molar-refractivity contribution in [3.05, 3.63) is 28.8 Å². The molecule has 0 aromatic heterocycles. The van der Waals surface area contributed by atoms with Crippen molar-refractivity contribution in [1.29, 1.82) is 0 Å². The summed E-state index contributed by atoms with van der Waals surface area (Å²) >= 11 is 5.77. The van der Waals surface area contributed by atoms with Gasteiger partial charge in [0.2, 0.25) is 0 Å². The number of alkyl halides is 3. The number of carbonyl (C=O) groups excluding carboxylic acids is 1. The highest BCUT2D eigenvalue weighted by atomic mass is 35.5. The summed E-state index contributed by atoms with van der Waals surface area (Å²) in [5, 5.41) is 2.54. The first kappa shape index (κ1) is 13.6. The minimum absolute atomic E-state index is 0.271. The highest BCUT2D eigenvalue weighted by Crippen LogP contribution is 2.20. The van der Waals surface area contributed by atoms with Crippen LogP contribution in [0.15, 0.2) is 18.2 Å². The van der Waals surface area contributed by atoms with Gasteiger partial charge in [-0.25, -0.2) is 4.79 Å². The molecule has 0 atom stereocenters. The van der Waals surface area contributed by atoms with Crippen LogP contribution >= 0.6 is 11.6 Å². The summed E-state index contributed by atoms with van der Waals surface area (Å²) in [6.45, 7) is 0.131. The molecule has 94 valence electrons. The Labute approximate surface area is 101 Å². The van der Waals surface area contributed by atoms with Gasteiger partial charge in [-0.2, -0.15) is 13.2 Å². The van der Waals surface area contributed by atoms with Gasteiger partial charge in [-0.05, 0) is 24.6 Å². The molecule has 0 saturated heterocycles. The molecule has 3 nitrogen and oxygen atoms in total. The van der Waals surface area contributed by atoms with E-state index in [1.165, 1.54) is 12.1 Å². The second-order valence-electron chi connectivity index (χ2n) is 3.28. The van der Waals surface area contributed by atoms with Crippen molar-refractivity contribution in [2.45, 2.75) is 13.1 Å². The number of amides is 1. The SMILES string of the molecule is Cc1ccc(NC(=O)OCC(F)(F)F)cc1Cl. The standard InChI is InChI=1S/C10H9ClF3NO2/c1-6-2-3-7(4-8(6)11)15-9(16)17-5-10(12,13)14/h2-4H,5H2,1H3,(H,15,16). The van der Waals surface area contributed by atoms with E-state index in [0.29, 0.717) is 5.02 Å². The lowest BCUT2D eigenvalue weighted by atomic mass is 10.2. The largest absolute Gasteiger partial charge is 0.440 e. The molecule has 0 aliphatic carbocycles. The Bertz CT molecular complexity index is 421. The zero-order valence-corrected chi connectivity index (χ0v) is 9.52. The van der Waals surface area contributed by atoms with Crippen LogP contribution in [0.25, 0.3) is 0 Å². The number of nitrogens with one attached hydrogen (secondary N) is 1. The average molecular weight is 268 g/mol. The minimum Gasteiger partial charge on any atom is -0.440 e. The van der Waals surface area contributed by atoms with Crippen LogP contribution in [0.1, 0.15) is 5.56 Å². The predicted octanol–water partition coefficient (Wildman–Crippen LogP) is 3.76. The molecule has 0 radical (unpaired) electrons. The summed E-state index contributed by atoms with van der Waals surface area (Å²) < 4.78 is 39.2. The van der Waals surface area contributed by atoms with Crippen LogP contribution in [0, 0.1) is 6.92 Å². The van der Waals surface area contributed by atoms with Gasteiger partial charge in [0.15, 0.2) is 6.61 Å². The van der Waals surface area contributed by atoms with E-state index in [4.69, 9.17) is 11.6 Å². The van der Waals surface area contributed by atoms with Crippen LogP contribution in [-0.4, -0.2) is 18.9 Å². The third-order valence-electron chi connectivity index (χ3n) is 1.79. The first-order chi connectivity index (χ1) is 7.78. The number of anilines is 1. The zero-order valence-electron chi connectivity index (χ0n) is 8.77. The lowest BCUT2D eigenvalue weighted by molar-refractivity contribution is -0.159. The van der Waals surface area contributed by atoms with Gasteiger partial charge in [-0.3, -0.25) is 5.32 Å². The van der Waals surface area contributed by atoms with Crippen molar-refractivity contribution in [3.8, 4) is 0 Å². The lowest BCUT2D eigenvalue weighted by Gasteiger charge is -2.09. The Hall–Kier alpha value is -1.43. The number of hydrogen-bond donors (Lipinski definition) is 1. The molecule has 0 fully saturated rings. The summed E-state index contributed by atoms with van der Waals surface area (Å²) in [6, 6.07) is 4.56. The monoisotopic (exact) mass is 267 g/mol. The molecule has 0 bridgehead atoms. The molecule has 0 saturated carbocycles. The van der Waals surface area contributed by atoms with E-state index in [9.17, 15) is 18.0 Å². The van der Waals surface area contributed by atoms with Crippen molar-refractivity contribution in [2.24, 2.45) is 0 Å². The molecule has 1 aromatic carbocycles. The molecular weight excluding hydrogens is 259 g/mol. The highest BCUT2D eigenvalue weighted by molar-refractivity contribution is 6.31. The Morgan fingerprint density at radius 3 is 2.65 bits per heavy atom. The van der Waals surface area contributed by atoms with Gasteiger partial charge in [0.05, 0.1) is 0 Å². The van der Waals surface area contributed by atoms with E-state index in [2.05, 4.69) is 10.1 Å². The van der Waals surface area contributed by atoms with Crippen LogP contribution in [-0.2, 0) is 4.74 Å². The van der Waals surface area contributed by atoms with E-state index < -0.39 is 18.9 Å². The number of benzene rings is 1.